The van der Waals surface area contributed by atoms with Gasteiger partial charge < -0.3 is 15.3 Å². The Morgan fingerprint density at radius 3 is 2.39 bits per heavy atom. The molecule has 2 saturated carbocycles. The zero-order valence-electron chi connectivity index (χ0n) is 12.3. The van der Waals surface area contributed by atoms with Crippen LogP contribution in [-0.4, -0.2) is 48.8 Å². The third kappa shape index (κ3) is 2.89. The molecule has 0 bridgehead atoms. The summed E-state index contributed by atoms with van der Waals surface area (Å²) in [7, 11) is 4.25. The van der Waals surface area contributed by atoms with Gasteiger partial charge in [-0.05, 0) is 51.6 Å². The molecule has 3 atom stereocenters. The highest BCUT2D eigenvalue weighted by atomic mass is 16.3. The van der Waals surface area contributed by atoms with Gasteiger partial charge in [0, 0.05) is 12.6 Å². The highest BCUT2D eigenvalue weighted by Crippen LogP contribution is 2.40. The monoisotopic (exact) mass is 254 g/mol. The van der Waals surface area contributed by atoms with Gasteiger partial charge >= 0.3 is 0 Å². The van der Waals surface area contributed by atoms with Crippen LogP contribution in [0.2, 0.25) is 0 Å². The SMILES string of the molecule is CNC(CO)(CN(C)C1CCCCC1C)C1CC1. The van der Waals surface area contributed by atoms with Gasteiger partial charge in [-0.3, -0.25) is 0 Å². The van der Waals surface area contributed by atoms with Crippen LogP contribution in [0.5, 0.6) is 0 Å². The second kappa shape index (κ2) is 5.89. The van der Waals surface area contributed by atoms with Crippen LogP contribution in [0.15, 0.2) is 0 Å². The fraction of sp³-hybridized carbons (Fsp3) is 1.00. The zero-order valence-corrected chi connectivity index (χ0v) is 12.3. The molecular formula is C15H30N2O. The molecule has 2 aliphatic rings. The van der Waals surface area contributed by atoms with Crippen molar-refractivity contribution in [3.8, 4) is 0 Å². The maximum Gasteiger partial charge on any atom is 0.0628 e. The maximum atomic E-state index is 9.81. The molecule has 0 aromatic rings. The van der Waals surface area contributed by atoms with Crippen molar-refractivity contribution < 1.29 is 5.11 Å². The van der Waals surface area contributed by atoms with E-state index in [0.29, 0.717) is 12.0 Å². The normalized spacial score (nSPS) is 32.5. The van der Waals surface area contributed by atoms with Gasteiger partial charge in [-0.1, -0.05) is 19.8 Å². The number of aliphatic hydroxyl groups is 1. The van der Waals surface area contributed by atoms with Crippen molar-refractivity contribution in [1.82, 2.24) is 10.2 Å². The molecule has 0 aromatic heterocycles. The van der Waals surface area contributed by atoms with Gasteiger partial charge in [-0.25, -0.2) is 0 Å². The molecule has 0 spiro atoms. The number of hydrogen-bond donors (Lipinski definition) is 2. The molecule has 0 amide bonds. The standard InChI is InChI=1S/C15H30N2O/c1-12-6-4-5-7-14(12)17(3)10-15(11-18,16-2)13-8-9-13/h12-14,16,18H,4-11H2,1-3H3. The van der Waals surface area contributed by atoms with Gasteiger partial charge in [0.1, 0.15) is 0 Å². The number of rotatable bonds is 6. The van der Waals surface area contributed by atoms with Gasteiger partial charge in [0.2, 0.25) is 0 Å². The molecule has 3 unspecified atom stereocenters. The molecule has 2 aliphatic carbocycles. The number of likely N-dealkylation sites (N-methyl/N-ethyl adjacent to an activating group) is 2. The first-order valence-corrected chi connectivity index (χ1v) is 7.63. The van der Waals surface area contributed by atoms with Crippen LogP contribution >= 0.6 is 0 Å². The Morgan fingerprint density at radius 2 is 1.89 bits per heavy atom. The molecule has 106 valence electrons. The minimum absolute atomic E-state index is 0.0636. The lowest BCUT2D eigenvalue weighted by molar-refractivity contribution is 0.0621. The maximum absolute atomic E-state index is 9.81. The quantitative estimate of drug-likeness (QED) is 0.759. The molecular weight excluding hydrogens is 224 g/mol. The highest BCUT2D eigenvalue weighted by Gasteiger charge is 2.45. The average Bonchev–Trinajstić information content (AvgIpc) is 3.21. The fourth-order valence-corrected chi connectivity index (χ4v) is 3.82. The summed E-state index contributed by atoms with van der Waals surface area (Å²) in [5, 5.41) is 13.2. The summed E-state index contributed by atoms with van der Waals surface area (Å²) in [6, 6.07) is 0.705. The van der Waals surface area contributed by atoms with E-state index in [-0.39, 0.29) is 12.1 Å². The van der Waals surface area contributed by atoms with E-state index in [1.165, 1.54) is 38.5 Å². The highest BCUT2D eigenvalue weighted by molar-refractivity contribution is 5.02. The van der Waals surface area contributed by atoms with Crippen LogP contribution in [-0.2, 0) is 0 Å². The summed E-state index contributed by atoms with van der Waals surface area (Å²) in [6.45, 7) is 3.64. The summed E-state index contributed by atoms with van der Waals surface area (Å²) in [4.78, 5) is 2.51. The van der Waals surface area contributed by atoms with Crippen molar-refractivity contribution in [3.63, 3.8) is 0 Å². The Hall–Kier alpha value is -0.120. The Morgan fingerprint density at radius 1 is 1.22 bits per heavy atom. The Kier molecular flexibility index (Phi) is 4.68. The van der Waals surface area contributed by atoms with Crippen LogP contribution in [0, 0.1) is 11.8 Å². The summed E-state index contributed by atoms with van der Waals surface area (Å²) < 4.78 is 0. The van der Waals surface area contributed by atoms with Gasteiger partial charge in [0.05, 0.1) is 12.1 Å². The predicted molar refractivity (Wildman–Crippen MR) is 75.7 cm³/mol. The Bertz CT molecular complexity index is 261. The average molecular weight is 254 g/mol. The molecule has 0 aromatic carbocycles. The molecule has 2 fully saturated rings. The number of nitrogens with zero attached hydrogens (tertiary/aromatic N) is 1. The van der Waals surface area contributed by atoms with Crippen LogP contribution < -0.4 is 5.32 Å². The first-order valence-electron chi connectivity index (χ1n) is 7.63. The van der Waals surface area contributed by atoms with Gasteiger partial charge in [0.15, 0.2) is 0 Å². The van der Waals surface area contributed by atoms with Gasteiger partial charge in [-0.15, -0.1) is 0 Å². The van der Waals surface area contributed by atoms with Crippen LogP contribution in [0.25, 0.3) is 0 Å². The van der Waals surface area contributed by atoms with Gasteiger partial charge in [0.25, 0.3) is 0 Å². The van der Waals surface area contributed by atoms with E-state index >= 15 is 0 Å². The molecule has 18 heavy (non-hydrogen) atoms. The molecule has 0 heterocycles. The summed E-state index contributed by atoms with van der Waals surface area (Å²) >= 11 is 0. The summed E-state index contributed by atoms with van der Waals surface area (Å²) in [5.74, 6) is 1.48. The van der Waals surface area contributed by atoms with E-state index in [1.807, 2.05) is 7.05 Å². The molecule has 0 aliphatic heterocycles. The summed E-state index contributed by atoms with van der Waals surface area (Å²) in [6.07, 6.45) is 8.00. The van der Waals surface area contributed by atoms with E-state index in [9.17, 15) is 5.11 Å². The van der Waals surface area contributed by atoms with E-state index in [4.69, 9.17) is 0 Å². The molecule has 0 saturated heterocycles. The molecule has 3 nitrogen and oxygen atoms in total. The lowest BCUT2D eigenvalue weighted by Gasteiger charge is -2.42. The van der Waals surface area contributed by atoms with Crippen molar-refractivity contribution in [2.24, 2.45) is 11.8 Å². The largest absolute Gasteiger partial charge is 0.394 e. The number of nitrogens with one attached hydrogen (secondary N) is 1. The molecule has 0 radical (unpaired) electrons. The van der Waals surface area contributed by atoms with Crippen LogP contribution in [0.4, 0.5) is 0 Å². The minimum atomic E-state index is -0.0636. The first kappa shape index (κ1) is 14.3. The third-order valence-electron chi connectivity index (χ3n) is 5.30. The number of hydrogen-bond acceptors (Lipinski definition) is 3. The van der Waals surface area contributed by atoms with E-state index in [0.717, 1.165) is 12.5 Å². The van der Waals surface area contributed by atoms with Crippen LogP contribution in [0.3, 0.4) is 0 Å². The second-order valence-corrected chi connectivity index (χ2v) is 6.58. The number of aliphatic hydroxyl groups excluding tert-OH is 1. The van der Waals surface area contributed by atoms with Crippen molar-refractivity contribution in [1.29, 1.82) is 0 Å². The lowest BCUT2D eigenvalue weighted by atomic mass is 9.83. The fourth-order valence-electron chi connectivity index (χ4n) is 3.82. The van der Waals surface area contributed by atoms with E-state index < -0.39 is 0 Å². The zero-order chi connectivity index (χ0) is 13.2. The van der Waals surface area contributed by atoms with Crippen molar-refractivity contribution in [3.05, 3.63) is 0 Å². The minimum Gasteiger partial charge on any atom is -0.394 e. The molecule has 3 heteroatoms. The second-order valence-electron chi connectivity index (χ2n) is 6.58. The van der Waals surface area contributed by atoms with E-state index in [2.05, 4.69) is 24.2 Å². The Balaban J connectivity index is 1.97. The van der Waals surface area contributed by atoms with Gasteiger partial charge in [-0.2, -0.15) is 0 Å². The van der Waals surface area contributed by atoms with Crippen molar-refractivity contribution in [2.45, 2.75) is 57.0 Å². The van der Waals surface area contributed by atoms with Crippen molar-refractivity contribution in [2.75, 3.05) is 27.2 Å². The molecule has 2 rings (SSSR count). The predicted octanol–water partition coefficient (Wildman–Crippen LogP) is 1.86. The smallest absolute Gasteiger partial charge is 0.0628 e. The third-order valence-corrected chi connectivity index (χ3v) is 5.30. The van der Waals surface area contributed by atoms with E-state index in [1.54, 1.807) is 0 Å². The lowest BCUT2D eigenvalue weighted by Crippen LogP contribution is -2.58. The topological polar surface area (TPSA) is 35.5 Å². The van der Waals surface area contributed by atoms with Crippen LogP contribution in [0.1, 0.15) is 45.4 Å². The molecule has 2 N–H and O–H groups in total. The van der Waals surface area contributed by atoms with Crippen molar-refractivity contribution >= 4 is 0 Å². The Labute approximate surface area is 112 Å². The first-order chi connectivity index (χ1) is 8.63. The summed E-state index contributed by atoms with van der Waals surface area (Å²) in [5.41, 5.74) is -0.0636.